The van der Waals surface area contributed by atoms with Crippen molar-refractivity contribution in [3.63, 3.8) is 0 Å². The minimum absolute atomic E-state index is 0.316. The van der Waals surface area contributed by atoms with Crippen molar-refractivity contribution < 1.29 is 23.9 Å². The van der Waals surface area contributed by atoms with E-state index < -0.39 is 12.1 Å². The Morgan fingerprint density at radius 1 is 1.13 bits per heavy atom. The number of hydrogen-bond donors (Lipinski definition) is 1. The number of carbonyl (C=O) groups is 3. The van der Waals surface area contributed by atoms with Crippen LogP contribution in [0.4, 0.5) is 0 Å². The summed E-state index contributed by atoms with van der Waals surface area (Å²) in [7, 11) is 0. The fraction of sp³-hybridized carbons (Fsp3) is 0.261. The van der Waals surface area contributed by atoms with E-state index in [9.17, 15) is 14.4 Å². The van der Waals surface area contributed by atoms with Gasteiger partial charge in [-0.3, -0.25) is 4.79 Å². The summed E-state index contributed by atoms with van der Waals surface area (Å²) in [5, 5.41) is 3.79. The highest BCUT2D eigenvalue weighted by atomic mass is 16.6. The summed E-state index contributed by atoms with van der Waals surface area (Å²) in [6, 6.07) is 14.4. The summed E-state index contributed by atoms with van der Waals surface area (Å²) < 4.78 is 12.4. The first-order valence-electron chi connectivity index (χ1n) is 9.92. The molecule has 1 atom stereocenters. The average Bonchev–Trinajstić information content (AvgIpc) is 3.32. The quantitative estimate of drug-likeness (QED) is 0.481. The van der Waals surface area contributed by atoms with E-state index >= 15 is 0 Å². The molecule has 4 rings (SSSR count). The number of amides is 1. The highest BCUT2D eigenvalue weighted by molar-refractivity contribution is 6.03. The van der Waals surface area contributed by atoms with Gasteiger partial charge in [-0.25, -0.2) is 9.59 Å². The molecule has 1 aliphatic rings. The normalized spacial score (nSPS) is 15.0. The van der Waals surface area contributed by atoms with Gasteiger partial charge in [0.1, 0.15) is 0 Å². The summed E-state index contributed by atoms with van der Waals surface area (Å²) in [5.74, 6) is -1.16. The van der Waals surface area contributed by atoms with Crippen LogP contribution in [0.3, 0.4) is 0 Å². The molecule has 0 aliphatic carbocycles. The first-order valence-corrected chi connectivity index (χ1v) is 9.92. The van der Waals surface area contributed by atoms with E-state index in [0.29, 0.717) is 42.8 Å². The lowest BCUT2D eigenvalue weighted by molar-refractivity contribution is -0.129. The molecule has 2 heterocycles. The molecule has 1 aliphatic heterocycles. The number of para-hydroxylation sites is 1. The van der Waals surface area contributed by atoms with E-state index in [1.165, 1.54) is 0 Å². The van der Waals surface area contributed by atoms with Gasteiger partial charge in [-0.05, 0) is 31.5 Å². The number of fused-ring (bicyclic) bond motifs is 2. The van der Waals surface area contributed by atoms with Crippen LogP contribution in [0.1, 0.15) is 45.7 Å². The van der Waals surface area contributed by atoms with Crippen LogP contribution in [-0.4, -0.2) is 35.6 Å². The fourth-order valence-electron chi connectivity index (χ4n) is 3.72. The third kappa shape index (κ3) is 3.66. The number of nitrogens with one attached hydrogen (secondary N) is 1. The molecular formula is C23H22N2O5. The molecule has 7 heteroatoms. The Kier molecular flexibility index (Phi) is 5.52. The number of nitrogens with zero attached hydrogens (tertiary/aromatic N) is 1. The molecule has 1 aromatic heterocycles. The molecule has 1 amide bonds. The van der Waals surface area contributed by atoms with Crippen molar-refractivity contribution in [1.29, 1.82) is 0 Å². The van der Waals surface area contributed by atoms with Gasteiger partial charge in [-0.1, -0.05) is 30.3 Å². The molecule has 0 radical (unpaired) electrons. The Morgan fingerprint density at radius 2 is 1.97 bits per heavy atom. The van der Waals surface area contributed by atoms with Crippen LogP contribution in [0.5, 0.6) is 0 Å². The predicted octanol–water partition coefficient (Wildman–Crippen LogP) is 3.24. The molecule has 1 unspecified atom stereocenters. The Bertz CT molecular complexity index is 1120. The second kappa shape index (κ2) is 8.41. The molecule has 1 N–H and O–H groups in total. The highest BCUT2D eigenvalue weighted by Crippen LogP contribution is 2.30. The monoisotopic (exact) mass is 406 g/mol. The van der Waals surface area contributed by atoms with Crippen molar-refractivity contribution in [3.8, 4) is 0 Å². The Labute approximate surface area is 173 Å². The molecule has 0 bridgehead atoms. The third-order valence-corrected chi connectivity index (χ3v) is 5.09. The molecule has 154 valence electrons. The van der Waals surface area contributed by atoms with Gasteiger partial charge in [-0.15, -0.1) is 0 Å². The van der Waals surface area contributed by atoms with Crippen LogP contribution >= 0.6 is 0 Å². The maximum atomic E-state index is 12.5. The lowest BCUT2D eigenvalue weighted by Gasteiger charge is -2.12. The number of carbonyl (C=O) groups excluding carboxylic acids is 3. The number of ether oxygens (including phenoxy) is 2. The third-order valence-electron chi connectivity index (χ3n) is 5.09. The lowest BCUT2D eigenvalue weighted by Crippen LogP contribution is -2.30. The Hall–Kier alpha value is -3.61. The number of cyclic esters (lactones) is 1. The largest absolute Gasteiger partial charge is 0.462 e. The summed E-state index contributed by atoms with van der Waals surface area (Å²) in [6.45, 7) is 3.12. The van der Waals surface area contributed by atoms with Gasteiger partial charge < -0.3 is 19.4 Å². The predicted molar refractivity (Wildman–Crippen MR) is 110 cm³/mol. The van der Waals surface area contributed by atoms with Crippen LogP contribution in [0, 0.1) is 0 Å². The number of rotatable bonds is 7. The molecular weight excluding hydrogens is 384 g/mol. The number of esters is 2. The maximum absolute atomic E-state index is 12.5. The van der Waals surface area contributed by atoms with E-state index in [0.717, 1.165) is 10.9 Å². The van der Waals surface area contributed by atoms with Crippen LogP contribution in [0.15, 0.2) is 54.7 Å². The van der Waals surface area contributed by atoms with Gasteiger partial charge in [-0.2, -0.15) is 0 Å². The zero-order chi connectivity index (χ0) is 21.1. The summed E-state index contributed by atoms with van der Waals surface area (Å²) >= 11 is 0. The SMILES string of the molecule is CCOC(=O)c1cccc2ccn(CCCNC(=O)C3OC(=O)c4ccccc43)c12. The van der Waals surface area contributed by atoms with Gasteiger partial charge in [0.15, 0.2) is 0 Å². The second-order valence-corrected chi connectivity index (χ2v) is 6.99. The smallest absolute Gasteiger partial charge is 0.340 e. The van der Waals surface area contributed by atoms with Crippen LogP contribution in [0.2, 0.25) is 0 Å². The minimum atomic E-state index is -0.906. The van der Waals surface area contributed by atoms with Crippen LogP contribution < -0.4 is 5.32 Å². The molecule has 2 aromatic carbocycles. The average molecular weight is 406 g/mol. The summed E-state index contributed by atoms with van der Waals surface area (Å²) in [5.41, 5.74) is 2.37. The number of benzene rings is 2. The van der Waals surface area contributed by atoms with Crippen molar-refractivity contribution in [1.82, 2.24) is 9.88 Å². The standard InChI is InChI=1S/C23H22N2O5/c1-2-29-22(27)18-10-5-7-15-11-14-25(19(15)18)13-6-12-24-21(26)20-16-8-3-4-9-17(16)23(28)30-20/h3-5,7-11,14,20H,2,6,12-13H2,1H3,(H,24,26). The lowest BCUT2D eigenvalue weighted by atomic mass is 10.0. The summed E-state index contributed by atoms with van der Waals surface area (Å²) in [6.07, 6.45) is 1.66. The van der Waals surface area contributed by atoms with E-state index in [-0.39, 0.29) is 11.9 Å². The van der Waals surface area contributed by atoms with Crippen LogP contribution in [0.25, 0.3) is 10.9 Å². The molecule has 0 saturated heterocycles. The van der Waals surface area contributed by atoms with Crippen molar-refractivity contribution >= 4 is 28.7 Å². The molecule has 3 aromatic rings. The van der Waals surface area contributed by atoms with E-state index in [1.54, 1.807) is 37.3 Å². The van der Waals surface area contributed by atoms with Crippen molar-refractivity contribution in [2.24, 2.45) is 0 Å². The molecule has 0 fully saturated rings. The van der Waals surface area contributed by atoms with E-state index in [2.05, 4.69) is 5.32 Å². The molecule has 30 heavy (non-hydrogen) atoms. The Morgan fingerprint density at radius 3 is 2.80 bits per heavy atom. The van der Waals surface area contributed by atoms with Crippen LogP contribution in [-0.2, 0) is 20.8 Å². The number of hydrogen-bond acceptors (Lipinski definition) is 5. The second-order valence-electron chi connectivity index (χ2n) is 6.99. The topological polar surface area (TPSA) is 86.6 Å². The van der Waals surface area contributed by atoms with Crippen molar-refractivity contribution in [2.45, 2.75) is 26.0 Å². The van der Waals surface area contributed by atoms with Gasteiger partial charge >= 0.3 is 11.9 Å². The first kappa shape index (κ1) is 19.7. The van der Waals surface area contributed by atoms with Crippen molar-refractivity contribution in [3.05, 3.63) is 71.4 Å². The van der Waals surface area contributed by atoms with Gasteiger partial charge in [0, 0.05) is 30.2 Å². The van der Waals surface area contributed by atoms with Gasteiger partial charge in [0.05, 0.1) is 23.3 Å². The first-order chi connectivity index (χ1) is 14.6. The van der Waals surface area contributed by atoms with Gasteiger partial charge in [0.25, 0.3) is 5.91 Å². The number of aryl methyl sites for hydroxylation is 1. The minimum Gasteiger partial charge on any atom is -0.462 e. The van der Waals surface area contributed by atoms with E-state index in [4.69, 9.17) is 9.47 Å². The van der Waals surface area contributed by atoms with E-state index in [1.807, 2.05) is 29.0 Å². The fourth-order valence-corrected chi connectivity index (χ4v) is 3.72. The molecule has 7 nitrogen and oxygen atoms in total. The zero-order valence-corrected chi connectivity index (χ0v) is 16.6. The van der Waals surface area contributed by atoms with Crippen molar-refractivity contribution in [2.75, 3.05) is 13.2 Å². The van der Waals surface area contributed by atoms with Gasteiger partial charge in [0.2, 0.25) is 6.10 Å². The highest BCUT2D eigenvalue weighted by Gasteiger charge is 2.35. The number of aromatic nitrogens is 1. The summed E-state index contributed by atoms with van der Waals surface area (Å²) in [4.78, 5) is 36.6. The molecule has 0 saturated carbocycles. The maximum Gasteiger partial charge on any atom is 0.340 e. The zero-order valence-electron chi connectivity index (χ0n) is 16.6. The molecule has 0 spiro atoms. The Balaban J connectivity index is 1.39.